The van der Waals surface area contributed by atoms with Crippen LogP contribution in [0.5, 0.6) is 17.2 Å². The topological polar surface area (TPSA) is 24.9 Å². The fraction of sp³-hybridized carbons (Fsp3) is 0.455. The van der Waals surface area contributed by atoms with E-state index in [4.69, 9.17) is 9.47 Å². The van der Waals surface area contributed by atoms with Crippen LogP contribution >= 0.6 is 0 Å². The molecular formula is C22H28N2O2. The van der Waals surface area contributed by atoms with Gasteiger partial charge < -0.3 is 14.4 Å². The molecule has 1 saturated heterocycles. The fourth-order valence-electron chi connectivity index (χ4n) is 4.23. The number of ether oxygens (including phenoxy) is 2. The van der Waals surface area contributed by atoms with E-state index in [2.05, 4.69) is 55.1 Å². The van der Waals surface area contributed by atoms with Gasteiger partial charge in [0.15, 0.2) is 0 Å². The molecule has 0 radical (unpaired) electrons. The number of benzene rings is 2. The summed E-state index contributed by atoms with van der Waals surface area (Å²) in [5, 5.41) is 0. The second-order valence-electron chi connectivity index (χ2n) is 7.70. The molecule has 0 N–H and O–H groups in total. The molecule has 0 saturated carbocycles. The molecule has 2 aliphatic heterocycles. The lowest BCUT2D eigenvalue weighted by Gasteiger charge is -2.43. The van der Waals surface area contributed by atoms with Gasteiger partial charge in [-0.1, -0.05) is 12.1 Å². The van der Waals surface area contributed by atoms with Crippen LogP contribution in [0, 0.1) is 6.92 Å². The molecule has 0 aromatic heterocycles. The molecule has 26 heavy (non-hydrogen) atoms. The van der Waals surface area contributed by atoms with Crippen LogP contribution in [-0.2, 0) is 0 Å². The van der Waals surface area contributed by atoms with Crippen LogP contribution in [0.2, 0.25) is 0 Å². The summed E-state index contributed by atoms with van der Waals surface area (Å²) >= 11 is 0. The average Bonchev–Trinajstić information content (AvgIpc) is 2.65. The van der Waals surface area contributed by atoms with Crippen LogP contribution in [0.4, 0.5) is 0 Å². The third-order valence-electron chi connectivity index (χ3n) is 5.72. The van der Waals surface area contributed by atoms with Crippen LogP contribution in [0.1, 0.15) is 35.6 Å². The zero-order valence-corrected chi connectivity index (χ0v) is 16.2. The molecule has 138 valence electrons. The number of rotatable bonds is 3. The highest BCUT2D eigenvalue weighted by Gasteiger charge is 2.35. The molecule has 2 aliphatic rings. The number of fused-ring (bicyclic) bond motifs is 2. The Morgan fingerprint density at radius 1 is 1.08 bits per heavy atom. The van der Waals surface area contributed by atoms with Gasteiger partial charge in [-0.25, -0.2) is 0 Å². The van der Waals surface area contributed by atoms with Crippen molar-refractivity contribution in [2.75, 3.05) is 34.3 Å². The Morgan fingerprint density at radius 3 is 2.54 bits per heavy atom. The molecule has 0 aliphatic carbocycles. The maximum Gasteiger partial charge on any atom is 0.136 e. The van der Waals surface area contributed by atoms with Crippen LogP contribution in [0.15, 0.2) is 36.4 Å². The molecule has 0 amide bonds. The van der Waals surface area contributed by atoms with E-state index in [1.807, 2.05) is 12.1 Å². The number of hydrogen-bond donors (Lipinski definition) is 0. The zero-order valence-electron chi connectivity index (χ0n) is 16.2. The van der Waals surface area contributed by atoms with Gasteiger partial charge in [0, 0.05) is 29.8 Å². The van der Waals surface area contributed by atoms with Crippen molar-refractivity contribution in [1.82, 2.24) is 9.80 Å². The highest BCUT2D eigenvalue weighted by atomic mass is 16.5. The van der Waals surface area contributed by atoms with Crippen molar-refractivity contribution >= 4 is 0 Å². The second-order valence-corrected chi connectivity index (χ2v) is 7.70. The first-order valence-corrected chi connectivity index (χ1v) is 9.43. The van der Waals surface area contributed by atoms with Crippen molar-refractivity contribution in [3.8, 4) is 17.2 Å². The van der Waals surface area contributed by atoms with Gasteiger partial charge >= 0.3 is 0 Å². The highest BCUT2D eigenvalue weighted by Crippen LogP contribution is 2.47. The first-order chi connectivity index (χ1) is 12.6. The minimum Gasteiger partial charge on any atom is -0.497 e. The van der Waals surface area contributed by atoms with Gasteiger partial charge in [0.05, 0.1) is 13.2 Å². The predicted octanol–water partition coefficient (Wildman–Crippen LogP) is 4.22. The summed E-state index contributed by atoms with van der Waals surface area (Å²) in [5.41, 5.74) is 3.73. The summed E-state index contributed by atoms with van der Waals surface area (Å²) in [6.45, 7) is 4.31. The van der Waals surface area contributed by atoms with E-state index in [9.17, 15) is 0 Å². The number of likely N-dealkylation sites (tertiary alicyclic amines) is 1. The van der Waals surface area contributed by atoms with Crippen molar-refractivity contribution in [1.29, 1.82) is 0 Å². The van der Waals surface area contributed by atoms with E-state index in [1.54, 1.807) is 7.11 Å². The molecule has 2 unspecified atom stereocenters. The Hall–Kier alpha value is -2.04. The van der Waals surface area contributed by atoms with Gasteiger partial charge in [0.25, 0.3) is 0 Å². The quantitative estimate of drug-likeness (QED) is 0.825. The number of hydrogen-bond acceptors (Lipinski definition) is 4. The smallest absolute Gasteiger partial charge is 0.136 e. The Kier molecular flexibility index (Phi) is 4.63. The molecule has 4 heteroatoms. The molecule has 2 aromatic rings. The largest absolute Gasteiger partial charge is 0.497 e. The summed E-state index contributed by atoms with van der Waals surface area (Å²) in [4.78, 5) is 4.98. The normalized spacial score (nSPS) is 22.5. The van der Waals surface area contributed by atoms with Crippen LogP contribution < -0.4 is 9.47 Å². The van der Waals surface area contributed by atoms with Gasteiger partial charge in [-0.2, -0.15) is 0 Å². The summed E-state index contributed by atoms with van der Waals surface area (Å²) in [6, 6.07) is 13.6. The number of methoxy groups -OCH3 is 1. The average molecular weight is 352 g/mol. The molecule has 1 fully saturated rings. The molecule has 4 nitrogen and oxygen atoms in total. The zero-order chi connectivity index (χ0) is 18.3. The molecule has 4 rings (SSSR count). The Bertz CT molecular complexity index is 803. The van der Waals surface area contributed by atoms with Crippen LogP contribution in [0.3, 0.4) is 0 Å². The van der Waals surface area contributed by atoms with Gasteiger partial charge in [0.1, 0.15) is 17.2 Å². The summed E-state index contributed by atoms with van der Waals surface area (Å²) in [5.74, 6) is 2.73. The molecule has 0 spiro atoms. The third kappa shape index (κ3) is 3.08. The van der Waals surface area contributed by atoms with E-state index >= 15 is 0 Å². The summed E-state index contributed by atoms with van der Waals surface area (Å²) < 4.78 is 11.7. The maximum absolute atomic E-state index is 6.28. The monoisotopic (exact) mass is 352 g/mol. The first-order valence-electron chi connectivity index (χ1n) is 9.43. The van der Waals surface area contributed by atoms with Crippen molar-refractivity contribution in [3.05, 3.63) is 53.1 Å². The Morgan fingerprint density at radius 2 is 1.81 bits per heavy atom. The highest BCUT2D eigenvalue weighted by molar-refractivity contribution is 5.56. The molecule has 2 aromatic carbocycles. The molecule has 0 bridgehead atoms. The Labute approximate surface area is 156 Å². The minimum absolute atomic E-state index is 0.239. The van der Waals surface area contributed by atoms with Crippen molar-refractivity contribution in [3.63, 3.8) is 0 Å². The molecular weight excluding hydrogens is 324 g/mol. The lowest BCUT2D eigenvalue weighted by molar-refractivity contribution is 0.106. The van der Waals surface area contributed by atoms with E-state index in [0.29, 0.717) is 6.04 Å². The van der Waals surface area contributed by atoms with E-state index in [-0.39, 0.29) is 6.04 Å². The second kappa shape index (κ2) is 6.93. The first kappa shape index (κ1) is 17.4. The van der Waals surface area contributed by atoms with Crippen LogP contribution in [0.25, 0.3) is 0 Å². The SMILES string of the molecule is COc1ccc2c(c1)Oc1cc(C)ccc1C2N1CCCC(N(C)C)C1. The number of nitrogens with zero attached hydrogens (tertiary/aromatic N) is 2. The van der Waals surface area contributed by atoms with Gasteiger partial charge in [-0.3, -0.25) is 4.90 Å². The molecule has 2 atom stereocenters. The maximum atomic E-state index is 6.28. The van der Waals surface area contributed by atoms with Crippen molar-refractivity contribution in [2.24, 2.45) is 0 Å². The van der Waals surface area contributed by atoms with Gasteiger partial charge in [-0.05, 0) is 64.2 Å². The van der Waals surface area contributed by atoms with E-state index in [0.717, 1.165) is 30.3 Å². The van der Waals surface area contributed by atoms with Gasteiger partial charge in [0.2, 0.25) is 0 Å². The standard InChI is InChI=1S/C22H28N2O2/c1-15-7-9-18-20(12-15)26-21-13-17(25-4)8-10-19(21)22(18)24-11-5-6-16(14-24)23(2)3/h7-10,12-13,16,22H,5-6,11,14H2,1-4H3. The van der Waals surface area contributed by atoms with Gasteiger partial charge in [-0.15, -0.1) is 0 Å². The molecule has 2 heterocycles. The van der Waals surface area contributed by atoms with Crippen LogP contribution in [-0.4, -0.2) is 50.1 Å². The minimum atomic E-state index is 0.239. The fourth-order valence-corrected chi connectivity index (χ4v) is 4.23. The Balaban J connectivity index is 1.78. The lowest BCUT2D eigenvalue weighted by Crippen LogP contribution is -2.47. The predicted molar refractivity (Wildman–Crippen MR) is 104 cm³/mol. The van der Waals surface area contributed by atoms with E-state index < -0.39 is 0 Å². The number of aryl methyl sites for hydroxylation is 1. The van der Waals surface area contributed by atoms with E-state index in [1.165, 1.54) is 29.5 Å². The summed E-state index contributed by atoms with van der Waals surface area (Å²) in [6.07, 6.45) is 2.50. The number of piperidine rings is 1. The third-order valence-corrected chi connectivity index (χ3v) is 5.72. The lowest BCUT2D eigenvalue weighted by atomic mass is 9.90. The summed E-state index contributed by atoms with van der Waals surface area (Å²) in [7, 11) is 6.08. The van der Waals surface area contributed by atoms with Crippen molar-refractivity contribution in [2.45, 2.75) is 31.8 Å². The number of likely N-dealkylation sites (N-methyl/N-ethyl adjacent to an activating group) is 1. The van der Waals surface area contributed by atoms with Crippen molar-refractivity contribution < 1.29 is 9.47 Å².